The van der Waals surface area contributed by atoms with Gasteiger partial charge in [0, 0.05) is 0 Å². The lowest BCUT2D eigenvalue weighted by atomic mass is 10.2. The first-order chi connectivity index (χ1) is 4.22. The predicted octanol–water partition coefficient (Wildman–Crippen LogP) is 1.43. The van der Waals surface area contributed by atoms with Crippen LogP contribution in [0.1, 0.15) is 0 Å². The first-order valence-electron chi connectivity index (χ1n) is 2.24. The van der Waals surface area contributed by atoms with Crippen molar-refractivity contribution >= 4 is 5.78 Å². The summed E-state index contributed by atoms with van der Waals surface area (Å²) in [7, 11) is 0. The van der Waals surface area contributed by atoms with Crippen LogP contribution in [0.25, 0.3) is 0 Å². The molecule has 0 saturated carbocycles. The number of Topliss-reactive ketones (excluding diaryl/α,β-unsaturated/α-hetero) is 1. The molecule has 9 heavy (non-hydrogen) atoms. The lowest BCUT2D eigenvalue weighted by Gasteiger charge is -1.91. The molecule has 0 unspecified atom stereocenters. The third kappa shape index (κ3) is 0.952. The Morgan fingerprint density at radius 2 is 2.11 bits per heavy atom. The first-order valence-corrected chi connectivity index (χ1v) is 2.24. The Morgan fingerprint density at radius 3 is 2.56 bits per heavy atom. The summed E-state index contributed by atoms with van der Waals surface area (Å²) in [5.41, 5.74) is 1.92. The quantitative estimate of drug-likeness (QED) is 0.451. The molecule has 0 radical (unpaired) electrons. The van der Waals surface area contributed by atoms with Crippen molar-refractivity contribution in [2.24, 2.45) is 0 Å². The van der Waals surface area contributed by atoms with Crippen molar-refractivity contribution in [3.05, 3.63) is 29.5 Å². The average molecular weight is 128 g/mol. The average Bonchev–Trinajstić information content (AvgIpc) is 1.83. The van der Waals surface area contributed by atoms with E-state index in [2.05, 4.69) is 0 Å². The van der Waals surface area contributed by atoms with Crippen LogP contribution in [0.2, 0.25) is 0 Å². The molecule has 3 heteroatoms. The van der Waals surface area contributed by atoms with Gasteiger partial charge < -0.3 is 0 Å². The summed E-state index contributed by atoms with van der Waals surface area (Å²) in [5, 5.41) is 0. The van der Waals surface area contributed by atoms with Gasteiger partial charge in [0.15, 0.2) is 5.83 Å². The van der Waals surface area contributed by atoms with E-state index in [1.807, 2.05) is 5.73 Å². The van der Waals surface area contributed by atoms with Crippen LogP contribution >= 0.6 is 0 Å². The summed E-state index contributed by atoms with van der Waals surface area (Å²) < 4.78 is 24.0. The fourth-order valence-corrected chi connectivity index (χ4v) is 0.434. The predicted molar refractivity (Wildman–Crippen MR) is 26.9 cm³/mol. The Bertz CT molecular complexity index is 244. The lowest BCUT2D eigenvalue weighted by Crippen LogP contribution is -1.99. The smallest absolute Gasteiger partial charge is 0.257 e. The molecule has 46 valence electrons. The van der Waals surface area contributed by atoms with Crippen molar-refractivity contribution in [1.29, 1.82) is 0 Å². The van der Waals surface area contributed by atoms with Gasteiger partial charge in [-0.25, -0.2) is 4.39 Å². The highest BCUT2D eigenvalue weighted by Crippen LogP contribution is 2.10. The normalized spacial score (nSPS) is 17.3. The van der Waals surface area contributed by atoms with Crippen molar-refractivity contribution in [2.45, 2.75) is 0 Å². The third-order valence-corrected chi connectivity index (χ3v) is 0.856. The SMILES string of the molecule is O=C1C(F)=C=CC=C1F. The highest BCUT2D eigenvalue weighted by Gasteiger charge is 2.15. The molecule has 0 fully saturated rings. The van der Waals surface area contributed by atoms with E-state index in [1.165, 1.54) is 0 Å². The number of halogens is 2. The van der Waals surface area contributed by atoms with Crippen molar-refractivity contribution in [3.8, 4) is 0 Å². The molecule has 1 nitrogen and oxygen atoms in total. The van der Waals surface area contributed by atoms with E-state index in [-0.39, 0.29) is 0 Å². The second-order valence-corrected chi connectivity index (χ2v) is 1.47. The number of carbonyl (C=O) groups excluding carboxylic acids is 1. The third-order valence-electron chi connectivity index (χ3n) is 0.856. The van der Waals surface area contributed by atoms with Crippen LogP contribution in [0.5, 0.6) is 0 Å². The summed E-state index contributed by atoms with van der Waals surface area (Å²) in [6.45, 7) is 0. The van der Waals surface area contributed by atoms with Crippen LogP contribution in [0, 0.1) is 0 Å². The zero-order chi connectivity index (χ0) is 6.85. The standard InChI is InChI=1S/C6H2F2O/c7-4-2-1-3-5(8)6(4)9/h1-2H. The molecule has 0 aromatic rings. The van der Waals surface area contributed by atoms with Crippen LogP contribution < -0.4 is 0 Å². The number of hydrogen-bond acceptors (Lipinski definition) is 1. The minimum absolute atomic E-state index is 0.866. The summed E-state index contributed by atoms with van der Waals surface area (Å²) >= 11 is 0. The van der Waals surface area contributed by atoms with Gasteiger partial charge in [0.05, 0.1) is 0 Å². The fraction of sp³-hybridized carbons (Fsp3) is 0. The van der Waals surface area contributed by atoms with Crippen molar-refractivity contribution in [1.82, 2.24) is 0 Å². The second-order valence-electron chi connectivity index (χ2n) is 1.47. The summed E-state index contributed by atoms with van der Waals surface area (Å²) in [6, 6.07) is 0. The van der Waals surface area contributed by atoms with Gasteiger partial charge in [-0.2, -0.15) is 4.39 Å². The molecule has 0 spiro atoms. The maximum atomic E-state index is 12.0. The van der Waals surface area contributed by atoms with Crippen LogP contribution in [0.15, 0.2) is 29.5 Å². The van der Waals surface area contributed by atoms with Crippen molar-refractivity contribution in [2.75, 3.05) is 0 Å². The Morgan fingerprint density at radius 1 is 1.44 bits per heavy atom. The Labute approximate surface area is 50.0 Å². The largest absolute Gasteiger partial charge is 0.283 e. The first kappa shape index (κ1) is 5.92. The molecule has 0 atom stereocenters. The lowest BCUT2D eigenvalue weighted by molar-refractivity contribution is -0.114. The van der Waals surface area contributed by atoms with E-state index in [1.54, 1.807) is 0 Å². The topological polar surface area (TPSA) is 17.1 Å². The minimum Gasteiger partial charge on any atom is -0.283 e. The van der Waals surface area contributed by atoms with Gasteiger partial charge in [0.1, 0.15) is 0 Å². The van der Waals surface area contributed by atoms with Gasteiger partial charge in [0.25, 0.3) is 5.78 Å². The number of ketones is 1. The van der Waals surface area contributed by atoms with Gasteiger partial charge in [-0.3, -0.25) is 4.79 Å². The number of carbonyl (C=O) groups is 1. The highest BCUT2D eigenvalue weighted by atomic mass is 19.1. The van der Waals surface area contributed by atoms with Crippen LogP contribution in [-0.4, -0.2) is 5.78 Å². The van der Waals surface area contributed by atoms with E-state index in [0.717, 1.165) is 12.2 Å². The zero-order valence-electron chi connectivity index (χ0n) is 4.32. The monoisotopic (exact) mass is 128 g/mol. The van der Waals surface area contributed by atoms with Gasteiger partial charge in [-0.05, 0) is 12.2 Å². The van der Waals surface area contributed by atoms with E-state index in [4.69, 9.17) is 0 Å². The molecule has 0 bridgehead atoms. The van der Waals surface area contributed by atoms with Gasteiger partial charge in [0.2, 0.25) is 5.83 Å². The van der Waals surface area contributed by atoms with Gasteiger partial charge in [-0.15, -0.1) is 0 Å². The van der Waals surface area contributed by atoms with E-state index >= 15 is 0 Å². The molecule has 0 saturated heterocycles. The fourth-order valence-electron chi connectivity index (χ4n) is 0.434. The highest BCUT2D eigenvalue weighted by molar-refractivity contribution is 6.05. The molecule has 0 aromatic carbocycles. The molecule has 0 amide bonds. The minimum atomic E-state index is -1.22. The molecular formula is C6H2F2O. The van der Waals surface area contributed by atoms with E-state index in [0.29, 0.717) is 0 Å². The maximum absolute atomic E-state index is 12.0. The number of hydrogen-bond donors (Lipinski definition) is 0. The van der Waals surface area contributed by atoms with Crippen LogP contribution in [-0.2, 0) is 4.79 Å². The Kier molecular flexibility index (Phi) is 1.29. The van der Waals surface area contributed by atoms with E-state index in [9.17, 15) is 13.6 Å². The molecular weight excluding hydrogens is 126 g/mol. The number of allylic oxidation sites excluding steroid dienone is 3. The summed E-state index contributed by atoms with van der Waals surface area (Å²) in [4.78, 5) is 10.2. The summed E-state index contributed by atoms with van der Waals surface area (Å²) in [5.74, 6) is -3.47. The second kappa shape index (κ2) is 1.96. The van der Waals surface area contributed by atoms with Gasteiger partial charge in [-0.1, -0.05) is 5.73 Å². The number of rotatable bonds is 0. The molecule has 0 aliphatic heterocycles. The van der Waals surface area contributed by atoms with Crippen molar-refractivity contribution < 1.29 is 13.6 Å². The van der Waals surface area contributed by atoms with Gasteiger partial charge >= 0.3 is 0 Å². The van der Waals surface area contributed by atoms with Crippen LogP contribution in [0.4, 0.5) is 8.78 Å². The molecule has 1 aliphatic rings. The maximum Gasteiger partial charge on any atom is 0.257 e. The molecule has 1 aliphatic carbocycles. The Hall–Kier alpha value is -1.21. The molecule has 0 N–H and O–H groups in total. The zero-order valence-corrected chi connectivity index (χ0v) is 4.32. The molecule has 0 heterocycles. The molecule has 1 rings (SSSR count). The molecule has 0 aromatic heterocycles. The Balaban J connectivity index is 3.11. The van der Waals surface area contributed by atoms with E-state index < -0.39 is 17.4 Å². The summed E-state index contributed by atoms with van der Waals surface area (Å²) in [6.07, 6.45) is 1.89. The van der Waals surface area contributed by atoms with Crippen LogP contribution in [0.3, 0.4) is 0 Å². The van der Waals surface area contributed by atoms with Crippen molar-refractivity contribution in [3.63, 3.8) is 0 Å².